The summed E-state index contributed by atoms with van der Waals surface area (Å²) in [4.78, 5) is 13.6. The molecule has 0 aliphatic heterocycles. The molecule has 0 bridgehead atoms. The van der Waals surface area contributed by atoms with Crippen LogP contribution >= 0.6 is 0 Å². The first-order chi connectivity index (χ1) is 11.6. The van der Waals surface area contributed by atoms with Crippen LogP contribution in [0.15, 0.2) is 28.8 Å². The molecule has 124 valence electrons. The van der Waals surface area contributed by atoms with Crippen molar-refractivity contribution < 1.29 is 14.1 Å². The summed E-state index contributed by atoms with van der Waals surface area (Å²) >= 11 is 0. The topological polar surface area (TPSA) is 108 Å². The Kier molecular flexibility index (Phi) is 4.23. The molecule has 1 amide bonds. The van der Waals surface area contributed by atoms with E-state index in [1.807, 2.05) is 13.8 Å². The van der Waals surface area contributed by atoms with Gasteiger partial charge in [0.15, 0.2) is 0 Å². The molecular weight excluding hydrogens is 312 g/mol. The van der Waals surface area contributed by atoms with Gasteiger partial charge < -0.3 is 9.26 Å². The van der Waals surface area contributed by atoms with Crippen molar-refractivity contribution in [1.29, 1.82) is 0 Å². The first kappa shape index (κ1) is 15.7. The number of aromatic nitrogens is 5. The monoisotopic (exact) mass is 328 g/mol. The fourth-order valence-corrected chi connectivity index (χ4v) is 2.17. The van der Waals surface area contributed by atoms with Crippen LogP contribution in [-0.4, -0.2) is 38.4 Å². The third-order valence-corrected chi connectivity index (χ3v) is 3.49. The second-order valence-electron chi connectivity index (χ2n) is 5.13. The van der Waals surface area contributed by atoms with Crippen molar-refractivity contribution in [3.8, 4) is 5.75 Å². The summed E-state index contributed by atoms with van der Waals surface area (Å²) < 4.78 is 10.2. The van der Waals surface area contributed by atoms with E-state index in [1.54, 1.807) is 31.4 Å². The SMILES string of the molecule is COc1cccc(C(=O)Nc2nnn(Cc3c(C)noc3C)n2)c1. The molecule has 0 radical (unpaired) electrons. The van der Waals surface area contributed by atoms with Gasteiger partial charge in [-0.15, -0.1) is 5.10 Å². The number of anilines is 1. The molecule has 0 aliphatic rings. The smallest absolute Gasteiger partial charge is 0.270 e. The molecule has 0 atom stereocenters. The molecule has 0 fully saturated rings. The molecule has 1 N–H and O–H groups in total. The molecule has 0 saturated heterocycles. The van der Waals surface area contributed by atoms with E-state index in [0.717, 1.165) is 11.3 Å². The van der Waals surface area contributed by atoms with Gasteiger partial charge in [-0.1, -0.05) is 16.3 Å². The molecule has 1 aromatic carbocycles. The third kappa shape index (κ3) is 3.24. The summed E-state index contributed by atoms with van der Waals surface area (Å²) in [5, 5.41) is 18.4. The number of methoxy groups -OCH3 is 1. The van der Waals surface area contributed by atoms with E-state index in [9.17, 15) is 4.79 Å². The Balaban J connectivity index is 1.70. The maximum atomic E-state index is 12.2. The van der Waals surface area contributed by atoms with Crippen molar-refractivity contribution >= 4 is 11.9 Å². The van der Waals surface area contributed by atoms with Crippen molar-refractivity contribution in [2.75, 3.05) is 12.4 Å². The molecule has 0 saturated carbocycles. The van der Waals surface area contributed by atoms with Gasteiger partial charge >= 0.3 is 0 Å². The van der Waals surface area contributed by atoms with Crippen LogP contribution in [0.2, 0.25) is 0 Å². The molecule has 9 nitrogen and oxygen atoms in total. The van der Waals surface area contributed by atoms with Gasteiger partial charge in [0.1, 0.15) is 11.5 Å². The number of nitrogens with zero attached hydrogens (tertiary/aromatic N) is 5. The number of ether oxygens (including phenoxy) is 1. The molecule has 24 heavy (non-hydrogen) atoms. The summed E-state index contributed by atoms with van der Waals surface area (Å²) in [6.07, 6.45) is 0. The van der Waals surface area contributed by atoms with Gasteiger partial charge in [0, 0.05) is 11.1 Å². The first-order valence-electron chi connectivity index (χ1n) is 7.22. The zero-order valence-electron chi connectivity index (χ0n) is 13.5. The van der Waals surface area contributed by atoms with Gasteiger partial charge in [-0.2, -0.15) is 4.80 Å². The summed E-state index contributed by atoms with van der Waals surface area (Å²) in [5.41, 5.74) is 2.10. The van der Waals surface area contributed by atoms with Gasteiger partial charge in [0.25, 0.3) is 11.9 Å². The number of hydrogen-bond donors (Lipinski definition) is 1. The molecule has 3 aromatic rings. The Morgan fingerprint density at radius 2 is 2.21 bits per heavy atom. The van der Waals surface area contributed by atoms with Gasteiger partial charge in [0.2, 0.25) is 0 Å². The predicted molar refractivity (Wildman–Crippen MR) is 83.8 cm³/mol. The normalized spacial score (nSPS) is 10.6. The third-order valence-electron chi connectivity index (χ3n) is 3.49. The van der Waals surface area contributed by atoms with Crippen LogP contribution < -0.4 is 10.1 Å². The largest absolute Gasteiger partial charge is 0.497 e. The van der Waals surface area contributed by atoms with Crippen LogP contribution in [0.25, 0.3) is 0 Å². The molecule has 2 aromatic heterocycles. The maximum absolute atomic E-state index is 12.2. The molecule has 0 aliphatic carbocycles. The summed E-state index contributed by atoms with van der Waals surface area (Å²) in [7, 11) is 1.54. The average Bonchev–Trinajstić information content (AvgIpc) is 3.16. The highest BCUT2D eigenvalue weighted by Crippen LogP contribution is 2.14. The Bertz CT molecular complexity index is 850. The summed E-state index contributed by atoms with van der Waals surface area (Å²) in [5.74, 6) is 1.07. The van der Waals surface area contributed by atoms with Crippen molar-refractivity contribution in [2.24, 2.45) is 0 Å². The molecular formula is C15H16N6O3. The lowest BCUT2D eigenvalue weighted by molar-refractivity contribution is 0.102. The highest BCUT2D eigenvalue weighted by atomic mass is 16.5. The number of hydrogen-bond acceptors (Lipinski definition) is 7. The van der Waals surface area contributed by atoms with Crippen molar-refractivity contribution in [3.63, 3.8) is 0 Å². The van der Waals surface area contributed by atoms with E-state index >= 15 is 0 Å². The van der Waals surface area contributed by atoms with Crippen LogP contribution in [-0.2, 0) is 6.54 Å². The molecule has 2 heterocycles. The predicted octanol–water partition coefficient (Wildman–Crippen LogP) is 1.59. The number of aryl methyl sites for hydroxylation is 2. The maximum Gasteiger partial charge on any atom is 0.270 e. The Labute approximate surface area is 137 Å². The van der Waals surface area contributed by atoms with Gasteiger partial charge in [-0.05, 0) is 37.3 Å². The quantitative estimate of drug-likeness (QED) is 0.757. The van der Waals surface area contributed by atoms with E-state index in [0.29, 0.717) is 23.6 Å². The number of rotatable bonds is 5. The zero-order chi connectivity index (χ0) is 17.1. The lowest BCUT2D eigenvalue weighted by atomic mass is 10.2. The molecule has 0 unspecified atom stereocenters. The lowest BCUT2D eigenvalue weighted by Crippen LogP contribution is -2.13. The molecule has 3 rings (SSSR count). The van der Waals surface area contributed by atoms with Crippen LogP contribution in [0.1, 0.15) is 27.4 Å². The minimum Gasteiger partial charge on any atom is -0.497 e. The zero-order valence-corrected chi connectivity index (χ0v) is 13.5. The second-order valence-corrected chi connectivity index (χ2v) is 5.13. The minimum atomic E-state index is -0.342. The Morgan fingerprint density at radius 1 is 1.38 bits per heavy atom. The highest BCUT2D eigenvalue weighted by molar-refractivity contribution is 6.03. The number of carbonyl (C=O) groups excluding carboxylic acids is 1. The van der Waals surface area contributed by atoms with Crippen LogP contribution in [0.3, 0.4) is 0 Å². The fraction of sp³-hybridized carbons (Fsp3) is 0.267. The molecule has 0 spiro atoms. The van der Waals surface area contributed by atoms with Crippen LogP contribution in [0, 0.1) is 13.8 Å². The number of benzene rings is 1. The summed E-state index contributed by atoms with van der Waals surface area (Å²) in [6.45, 7) is 4.02. The standard InChI is InChI=1S/C15H16N6O3/c1-9-13(10(2)24-19-9)8-21-18-15(17-20-21)16-14(22)11-5-4-6-12(7-11)23-3/h4-7H,8H2,1-3H3,(H,16,18,22). The van der Waals surface area contributed by atoms with Gasteiger partial charge in [-0.3, -0.25) is 10.1 Å². The second kappa shape index (κ2) is 6.49. The number of carbonyl (C=O) groups is 1. The van der Waals surface area contributed by atoms with E-state index in [1.165, 1.54) is 4.80 Å². The van der Waals surface area contributed by atoms with E-state index in [-0.39, 0.29) is 11.9 Å². The van der Waals surface area contributed by atoms with E-state index < -0.39 is 0 Å². The Hall–Kier alpha value is -3.23. The van der Waals surface area contributed by atoms with Crippen LogP contribution in [0.4, 0.5) is 5.95 Å². The Morgan fingerprint density at radius 3 is 2.92 bits per heavy atom. The van der Waals surface area contributed by atoms with Gasteiger partial charge in [-0.25, -0.2) is 0 Å². The minimum absolute atomic E-state index is 0.120. The van der Waals surface area contributed by atoms with E-state index in [4.69, 9.17) is 9.26 Å². The van der Waals surface area contributed by atoms with E-state index in [2.05, 4.69) is 25.9 Å². The summed E-state index contributed by atoms with van der Waals surface area (Å²) in [6, 6.07) is 6.79. The van der Waals surface area contributed by atoms with Crippen molar-refractivity contribution in [1.82, 2.24) is 25.4 Å². The fourth-order valence-electron chi connectivity index (χ4n) is 2.17. The number of tetrazole rings is 1. The van der Waals surface area contributed by atoms with Crippen molar-refractivity contribution in [3.05, 3.63) is 46.8 Å². The lowest BCUT2D eigenvalue weighted by Gasteiger charge is -2.03. The first-order valence-corrected chi connectivity index (χ1v) is 7.22. The van der Waals surface area contributed by atoms with Crippen molar-refractivity contribution in [2.45, 2.75) is 20.4 Å². The van der Waals surface area contributed by atoms with Gasteiger partial charge in [0.05, 0.1) is 19.3 Å². The van der Waals surface area contributed by atoms with Crippen LogP contribution in [0.5, 0.6) is 5.75 Å². The number of nitrogens with one attached hydrogen (secondary N) is 1. The highest BCUT2D eigenvalue weighted by Gasteiger charge is 2.14. The molecule has 9 heteroatoms. The number of amides is 1. The average molecular weight is 328 g/mol.